The molecular formula is C11H16N4O. The van der Waals surface area contributed by atoms with E-state index in [1.54, 1.807) is 12.3 Å². The van der Waals surface area contributed by atoms with Crippen molar-refractivity contribution in [1.29, 1.82) is 0 Å². The number of nitrogens with zero attached hydrogens (tertiary/aromatic N) is 3. The molecule has 0 aromatic carbocycles. The molecule has 2 heterocycles. The molecule has 1 aliphatic heterocycles. The first-order valence-corrected chi connectivity index (χ1v) is 5.75. The first-order chi connectivity index (χ1) is 7.74. The molecule has 0 radical (unpaired) electrons. The maximum atomic E-state index is 9.94. The van der Waals surface area contributed by atoms with Crippen LogP contribution in [-0.4, -0.2) is 34.3 Å². The standard InChI is InChI=1S/C11H16N4O/c12-9-3-4-13-11(14-9)15-5-7-1-2-8(6-15)10(7)16/h3-4,7-8,10,16H,1-2,5-6H2,(H2,12,13,14)/t7-,8+,10-. The maximum Gasteiger partial charge on any atom is 0.227 e. The Morgan fingerprint density at radius 1 is 1.31 bits per heavy atom. The third kappa shape index (κ3) is 1.51. The van der Waals surface area contributed by atoms with E-state index in [-0.39, 0.29) is 6.10 Å². The minimum absolute atomic E-state index is 0.127. The van der Waals surface area contributed by atoms with Gasteiger partial charge in [-0.05, 0) is 18.9 Å². The lowest BCUT2D eigenvalue weighted by molar-refractivity contribution is 0.0788. The second-order valence-corrected chi connectivity index (χ2v) is 4.77. The van der Waals surface area contributed by atoms with Crippen LogP contribution >= 0.6 is 0 Å². The topological polar surface area (TPSA) is 75.3 Å². The lowest BCUT2D eigenvalue weighted by Crippen LogP contribution is -2.45. The molecule has 1 aromatic heterocycles. The van der Waals surface area contributed by atoms with Gasteiger partial charge in [-0.1, -0.05) is 0 Å². The van der Waals surface area contributed by atoms with E-state index < -0.39 is 0 Å². The summed E-state index contributed by atoms with van der Waals surface area (Å²) >= 11 is 0. The van der Waals surface area contributed by atoms with Crippen molar-refractivity contribution >= 4 is 11.8 Å². The highest BCUT2D eigenvalue weighted by atomic mass is 16.3. The fourth-order valence-electron chi connectivity index (χ4n) is 2.87. The molecule has 0 spiro atoms. The van der Waals surface area contributed by atoms with Crippen LogP contribution in [0.4, 0.5) is 11.8 Å². The highest BCUT2D eigenvalue weighted by molar-refractivity contribution is 5.38. The van der Waals surface area contributed by atoms with Crippen molar-refractivity contribution in [3.05, 3.63) is 12.3 Å². The van der Waals surface area contributed by atoms with Gasteiger partial charge in [0.25, 0.3) is 0 Å². The molecule has 2 aliphatic rings. The smallest absolute Gasteiger partial charge is 0.227 e. The minimum Gasteiger partial charge on any atom is -0.392 e. The number of nitrogen functional groups attached to an aromatic ring is 1. The van der Waals surface area contributed by atoms with Gasteiger partial charge in [0.15, 0.2) is 0 Å². The Morgan fingerprint density at radius 2 is 2.00 bits per heavy atom. The highest BCUT2D eigenvalue weighted by Crippen LogP contribution is 2.37. The second kappa shape index (κ2) is 3.59. The van der Waals surface area contributed by atoms with E-state index in [1.807, 2.05) is 0 Å². The van der Waals surface area contributed by atoms with Gasteiger partial charge in [-0.2, -0.15) is 4.98 Å². The summed E-state index contributed by atoms with van der Waals surface area (Å²) in [4.78, 5) is 10.6. The number of hydrogen-bond donors (Lipinski definition) is 2. The van der Waals surface area contributed by atoms with Gasteiger partial charge in [-0.15, -0.1) is 0 Å². The predicted octanol–water partition coefficient (Wildman–Crippen LogP) is 0.266. The summed E-state index contributed by atoms with van der Waals surface area (Å²) in [5, 5.41) is 9.94. The minimum atomic E-state index is -0.127. The number of aliphatic hydroxyl groups is 1. The Bertz CT molecular complexity index is 383. The molecule has 5 heteroatoms. The van der Waals surface area contributed by atoms with Gasteiger partial charge < -0.3 is 15.7 Å². The monoisotopic (exact) mass is 220 g/mol. The van der Waals surface area contributed by atoms with Crippen LogP contribution in [0.15, 0.2) is 12.3 Å². The summed E-state index contributed by atoms with van der Waals surface area (Å²) in [7, 11) is 0. The molecule has 3 atom stereocenters. The summed E-state index contributed by atoms with van der Waals surface area (Å²) in [5.41, 5.74) is 5.65. The zero-order chi connectivity index (χ0) is 11.1. The maximum absolute atomic E-state index is 9.94. The molecule has 1 saturated carbocycles. The van der Waals surface area contributed by atoms with E-state index in [4.69, 9.17) is 5.73 Å². The Hall–Kier alpha value is -1.36. The molecule has 2 fully saturated rings. The second-order valence-electron chi connectivity index (χ2n) is 4.77. The Balaban J connectivity index is 1.83. The quantitative estimate of drug-likeness (QED) is 0.710. The van der Waals surface area contributed by atoms with Crippen LogP contribution in [0.5, 0.6) is 0 Å². The molecule has 3 rings (SSSR count). The summed E-state index contributed by atoms with van der Waals surface area (Å²) in [5.74, 6) is 1.96. The van der Waals surface area contributed by atoms with Crippen molar-refractivity contribution in [1.82, 2.24) is 9.97 Å². The molecule has 1 saturated heterocycles. The molecule has 3 N–H and O–H groups in total. The third-order valence-electron chi connectivity index (χ3n) is 3.73. The summed E-state index contributed by atoms with van der Waals surface area (Å²) in [6.07, 6.45) is 3.79. The Labute approximate surface area is 94.3 Å². The molecular weight excluding hydrogens is 204 g/mol. The van der Waals surface area contributed by atoms with Crippen molar-refractivity contribution in [2.45, 2.75) is 18.9 Å². The first-order valence-electron chi connectivity index (χ1n) is 5.75. The van der Waals surface area contributed by atoms with Gasteiger partial charge in [0, 0.05) is 31.1 Å². The fourth-order valence-corrected chi connectivity index (χ4v) is 2.87. The van der Waals surface area contributed by atoms with E-state index in [0.717, 1.165) is 25.9 Å². The fraction of sp³-hybridized carbons (Fsp3) is 0.636. The normalized spacial score (nSPS) is 33.1. The van der Waals surface area contributed by atoms with Crippen LogP contribution in [0.2, 0.25) is 0 Å². The van der Waals surface area contributed by atoms with Crippen molar-refractivity contribution < 1.29 is 5.11 Å². The predicted molar refractivity (Wildman–Crippen MR) is 60.9 cm³/mol. The summed E-state index contributed by atoms with van der Waals surface area (Å²) in [6.45, 7) is 1.70. The van der Waals surface area contributed by atoms with Gasteiger partial charge in [0.05, 0.1) is 6.10 Å². The number of fused-ring (bicyclic) bond motifs is 2. The van der Waals surface area contributed by atoms with Gasteiger partial charge in [-0.3, -0.25) is 0 Å². The number of aliphatic hydroxyl groups excluding tert-OH is 1. The molecule has 1 aliphatic carbocycles. The molecule has 2 bridgehead atoms. The van der Waals surface area contributed by atoms with E-state index in [2.05, 4.69) is 14.9 Å². The molecule has 86 valence electrons. The number of nitrogens with two attached hydrogens (primary N) is 1. The zero-order valence-electron chi connectivity index (χ0n) is 9.08. The van der Waals surface area contributed by atoms with Crippen molar-refractivity contribution in [2.75, 3.05) is 23.7 Å². The molecule has 1 aromatic rings. The summed E-state index contributed by atoms with van der Waals surface area (Å²) in [6, 6.07) is 1.69. The average Bonchev–Trinajstić information content (AvgIpc) is 2.53. The van der Waals surface area contributed by atoms with Crippen LogP contribution in [0.25, 0.3) is 0 Å². The van der Waals surface area contributed by atoms with Crippen LogP contribution in [0.3, 0.4) is 0 Å². The van der Waals surface area contributed by atoms with Gasteiger partial charge in [0.1, 0.15) is 5.82 Å². The van der Waals surface area contributed by atoms with E-state index in [0.29, 0.717) is 23.6 Å². The summed E-state index contributed by atoms with van der Waals surface area (Å²) < 4.78 is 0. The number of hydrogen-bond acceptors (Lipinski definition) is 5. The molecule has 16 heavy (non-hydrogen) atoms. The van der Waals surface area contributed by atoms with Crippen LogP contribution < -0.4 is 10.6 Å². The molecule has 0 unspecified atom stereocenters. The van der Waals surface area contributed by atoms with Crippen LogP contribution in [0.1, 0.15) is 12.8 Å². The van der Waals surface area contributed by atoms with Gasteiger partial charge in [-0.25, -0.2) is 4.98 Å². The number of aromatic nitrogens is 2. The van der Waals surface area contributed by atoms with E-state index in [1.165, 1.54) is 0 Å². The van der Waals surface area contributed by atoms with Gasteiger partial charge in [0.2, 0.25) is 5.95 Å². The molecule has 5 nitrogen and oxygen atoms in total. The van der Waals surface area contributed by atoms with E-state index in [9.17, 15) is 5.11 Å². The molecule has 0 amide bonds. The SMILES string of the molecule is Nc1ccnc(N2C[C@H]3CC[C@@H](C2)[C@@H]3O)n1. The average molecular weight is 220 g/mol. The first kappa shape index (κ1) is 9.84. The highest BCUT2D eigenvalue weighted by Gasteiger charge is 2.41. The Morgan fingerprint density at radius 3 is 2.62 bits per heavy atom. The van der Waals surface area contributed by atoms with Crippen molar-refractivity contribution in [3.8, 4) is 0 Å². The lowest BCUT2D eigenvalue weighted by atomic mass is 9.95. The number of piperidine rings is 1. The number of anilines is 2. The van der Waals surface area contributed by atoms with Crippen LogP contribution in [0, 0.1) is 11.8 Å². The van der Waals surface area contributed by atoms with Crippen molar-refractivity contribution in [2.24, 2.45) is 11.8 Å². The largest absolute Gasteiger partial charge is 0.392 e. The number of rotatable bonds is 1. The zero-order valence-corrected chi connectivity index (χ0v) is 9.08. The van der Waals surface area contributed by atoms with Gasteiger partial charge >= 0.3 is 0 Å². The third-order valence-corrected chi connectivity index (χ3v) is 3.73. The van der Waals surface area contributed by atoms with E-state index >= 15 is 0 Å². The Kier molecular flexibility index (Phi) is 2.21. The van der Waals surface area contributed by atoms with Crippen molar-refractivity contribution in [3.63, 3.8) is 0 Å². The lowest BCUT2D eigenvalue weighted by Gasteiger charge is -2.35. The van der Waals surface area contributed by atoms with Crippen LogP contribution in [-0.2, 0) is 0 Å².